The van der Waals surface area contributed by atoms with Gasteiger partial charge in [-0.3, -0.25) is 5.41 Å². The molecule has 1 fully saturated rings. The van der Waals surface area contributed by atoms with E-state index in [-0.39, 0.29) is 5.84 Å². The van der Waals surface area contributed by atoms with Crippen molar-refractivity contribution in [2.24, 2.45) is 11.7 Å². The lowest BCUT2D eigenvalue weighted by molar-refractivity contribution is 0.0903. The van der Waals surface area contributed by atoms with Gasteiger partial charge in [-0.25, -0.2) is 0 Å². The van der Waals surface area contributed by atoms with Crippen LogP contribution >= 0.6 is 15.9 Å². The van der Waals surface area contributed by atoms with Crippen molar-refractivity contribution >= 4 is 21.8 Å². The quantitative estimate of drug-likeness (QED) is 0.647. The fraction of sp³-hybridized carbons (Fsp3) is 0.533. The summed E-state index contributed by atoms with van der Waals surface area (Å²) in [6, 6.07) is 5.66. The molecule has 0 heterocycles. The predicted molar refractivity (Wildman–Crippen MR) is 81.8 cm³/mol. The molecule has 0 aromatic heterocycles. The molecule has 4 heteroatoms. The summed E-state index contributed by atoms with van der Waals surface area (Å²) in [4.78, 5) is 0. The first-order chi connectivity index (χ1) is 9.11. The van der Waals surface area contributed by atoms with E-state index in [2.05, 4.69) is 22.9 Å². The van der Waals surface area contributed by atoms with E-state index in [4.69, 9.17) is 15.9 Å². The Hall–Kier alpha value is -1.03. The number of benzene rings is 1. The molecule has 0 spiro atoms. The van der Waals surface area contributed by atoms with E-state index in [1.54, 1.807) is 0 Å². The van der Waals surface area contributed by atoms with Crippen LogP contribution < -0.4 is 10.5 Å². The number of ether oxygens (including phenoxy) is 1. The van der Waals surface area contributed by atoms with Gasteiger partial charge in [0.1, 0.15) is 17.7 Å². The second-order valence-corrected chi connectivity index (χ2v) is 6.02. The number of nitrogens with two attached hydrogens (primary N) is 1. The minimum Gasteiger partial charge on any atom is -0.490 e. The number of hydrogen-bond acceptors (Lipinski definition) is 2. The third-order valence-electron chi connectivity index (χ3n) is 3.88. The topological polar surface area (TPSA) is 59.1 Å². The van der Waals surface area contributed by atoms with Gasteiger partial charge in [-0.1, -0.05) is 13.3 Å². The lowest BCUT2D eigenvalue weighted by Gasteiger charge is -2.31. The maximum Gasteiger partial charge on any atom is 0.123 e. The summed E-state index contributed by atoms with van der Waals surface area (Å²) >= 11 is 3.44. The Morgan fingerprint density at radius 2 is 2.16 bits per heavy atom. The van der Waals surface area contributed by atoms with Crippen LogP contribution in [0.15, 0.2) is 22.7 Å². The highest BCUT2D eigenvalue weighted by Gasteiger charge is 2.25. The van der Waals surface area contributed by atoms with E-state index >= 15 is 0 Å². The van der Waals surface area contributed by atoms with E-state index in [1.165, 1.54) is 25.7 Å². The highest BCUT2D eigenvalue weighted by molar-refractivity contribution is 9.10. The molecule has 0 saturated heterocycles. The lowest BCUT2D eigenvalue weighted by Crippen LogP contribution is -2.29. The molecule has 0 aliphatic heterocycles. The molecule has 1 aromatic carbocycles. The Kier molecular flexibility index (Phi) is 4.86. The highest BCUT2D eigenvalue weighted by Crippen LogP contribution is 2.31. The minimum atomic E-state index is 0.0718. The molecule has 2 rings (SSSR count). The first-order valence-electron chi connectivity index (χ1n) is 6.92. The molecule has 3 N–H and O–H groups in total. The summed E-state index contributed by atoms with van der Waals surface area (Å²) in [5.41, 5.74) is 6.22. The standard InChI is InChI=1S/C15H21BrN2O/c1-2-10-5-3-4-6-14(10)19-11-7-8-12(15(17)18)13(16)9-11/h7-10,14H,2-6H2,1H3,(H3,17,18). The van der Waals surface area contributed by atoms with Gasteiger partial charge in [0, 0.05) is 10.0 Å². The maximum absolute atomic E-state index is 7.47. The smallest absolute Gasteiger partial charge is 0.123 e. The Bertz CT molecular complexity index is 461. The molecule has 2 unspecified atom stereocenters. The molecular formula is C15H21BrN2O. The Morgan fingerprint density at radius 3 is 2.79 bits per heavy atom. The summed E-state index contributed by atoms with van der Waals surface area (Å²) in [6.45, 7) is 2.24. The van der Waals surface area contributed by atoms with Gasteiger partial charge in [-0.15, -0.1) is 0 Å². The summed E-state index contributed by atoms with van der Waals surface area (Å²) in [6.07, 6.45) is 6.50. The van der Waals surface area contributed by atoms with Crippen molar-refractivity contribution in [1.82, 2.24) is 0 Å². The van der Waals surface area contributed by atoms with E-state index in [0.717, 1.165) is 16.6 Å². The van der Waals surface area contributed by atoms with Crippen molar-refractivity contribution in [3.05, 3.63) is 28.2 Å². The molecule has 1 aliphatic rings. The molecular weight excluding hydrogens is 304 g/mol. The van der Waals surface area contributed by atoms with Crippen molar-refractivity contribution in [2.45, 2.75) is 45.1 Å². The average Bonchev–Trinajstić information content (AvgIpc) is 2.39. The highest BCUT2D eigenvalue weighted by atomic mass is 79.9. The van der Waals surface area contributed by atoms with Gasteiger partial charge >= 0.3 is 0 Å². The molecule has 1 saturated carbocycles. The monoisotopic (exact) mass is 324 g/mol. The third-order valence-corrected chi connectivity index (χ3v) is 4.54. The molecule has 0 bridgehead atoms. The van der Waals surface area contributed by atoms with Crippen molar-refractivity contribution in [3.63, 3.8) is 0 Å². The van der Waals surface area contributed by atoms with Crippen LogP contribution in [0, 0.1) is 11.3 Å². The van der Waals surface area contributed by atoms with Crippen molar-refractivity contribution in [3.8, 4) is 5.75 Å². The lowest BCUT2D eigenvalue weighted by atomic mass is 9.85. The predicted octanol–water partition coefficient (Wildman–Crippen LogP) is 4.08. The fourth-order valence-electron chi connectivity index (χ4n) is 2.76. The van der Waals surface area contributed by atoms with Gasteiger partial charge in [-0.2, -0.15) is 0 Å². The van der Waals surface area contributed by atoms with E-state index < -0.39 is 0 Å². The van der Waals surface area contributed by atoms with E-state index in [1.807, 2.05) is 18.2 Å². The zero-order valence-electron chi connectivity index (χ0n) is 11.3. The molecule has 1 aromatic rings. The second kappa shape index (κ2) is 6.42. The number of hydrogen-bond donors (Lipinski definition) is 2. The van der Waals surface area contributed by atoms with Crippen molar-refractivity contribution < 1.29 is 4.74 Å². The molecule has 0 radical (unpaired) electrons. The summed E-state index contributed by atoms with van der Waals surface area (Å²) in [5.74, 6) is 1.60. The van der Waals surface area contributed by atoms with Gasteiger partial charge in [0.2, 0.25) is 0 Å². The van der Waals surface area contributed by atoms with Gasteiger partial charge < -0.3 is 10.5 Å². The van der Waals surface area contributed by atoms with Crippen LogP contribution in [-0.2, 0) is 0 Å². The third kappa shape index (κ3) is 3.50. The fourth-order valence-corrected chi connectivity index (χ4v) is 3.33. The second-order valence-electron chi connectivity index (χ2n) is 5.16. The number of rotatable bonds is 4. The first kappa shape index (κ1) is 14.4. The molecule has 3 nitrogen and oxygen atoms in total. The molecule has 0 amide bonds. The van der Waals surface area contributed by atoms with Crippen LogP contribution in [0.2, 0.25) is 0 Å². The van der Waals surface area contributed by atoms with Gasteiger partial charge in [0.25, 0.3) is 0 Å². The SMILES string of the molecule is CCC1CCCCC1Oc1ccc(C(=N)N)c(Br)c1. The van der Waals surface area contributed by atoms with Crippen LogP contribution in [-0.4, -0.2) is 11.9 Å². The van der Waals surface area contributed by atoms with Crippen LogP contribution in [0.25, 0.3) is 0 Å². The zero-order chi connectivity index (χ0) is 13.8. The van der Waals surface area contributed by atoms with Crippen LogP contribution in [0.4, 0.5) is 0 Å². The van der Waals surface area contributed by atoms with Gasteiger partial charge in [0.05, 0.1) is 0 Å². The molecule has 1 aliphatic carbocycles. The summed E-state index contributed by atoms with van der Waals surface area (Å²) < 4.78 is 6.95. The Balaban J connectivity index is 2.10. The van der Waals surface area contributed by atoms with Crippen LogP contribution in [0.1, 0.15) is 44.6 Å². The van der Waals surface area contributed by atoms with E-state index in [0.29, 0.717) is 17.6 Å². The van der Waals surface area contributed by atoms with Gasteiger partial charge in [0.15, 0.2) is 0 Å². The van der Waals surface area contributed by atoms with Crippen LogP contribution in [0.5, 0.6) is 5.75 Å². The number of amidine groups is 1. The summed E-state index contributed by atoms with van der Waals surface area (Å²) in [7, 11) is 0. The summed E-state index contributed by atoms with van der Waals surface area (Å²) in [5, 5.41) is 7.47. The van der Waals surface area contributed by atoms with E-state index in [9.17, 15) is 0 Å². The number of nitrogen functional groups attached to an aromatic ring is 1. The zero-order valence-corrected chi connectivity index (χ0v) is 12.9. The number of halogens is 1. The average molecular weight is 325 g/mol. The molecule has 2 atom stereocenters. The van der Waals surface area contributed by atoms with Gasteiger partial charge in [-0.05, 0) is 65.7 Å². The Labute approximate surface area is 123 Å². The Morgan fingerprint density at radius 1 is 1.42 bits per heavy atom. The van der Waals surface area contributed by atoms with Crippen molar-refractivity contribution in [1.29, 1.82) is 5.41 Å². The number of nitrogens with one attached hydrogen (secondary N) is 1. The van der Waals surface area contributed by atoms with Crippen LogP contribution in [0.3, 0.4) is 0 Å². The minimum absolute atomic E-state index is 0.0718. The van der Waals surface area contributed by atoms with Crippen molar-refractivity contribution in [2.75, 3.05) is 0 Å². The molecule has 104 valence electrons. The normalized spacial score (nSPS) is 23.1. The largest absolute Gasteiger partial charge is 0.490 e. The first-order valence-corrected chi connectivity index (χ1v) is 7.71. The molecule has 19 heavy (non-hydrogen) atoms. The maximum atomic E-state index is 7.47.